The van der Waals surface area contributed by atoms with Crippen molar-refractivity contribution >= 4 is 0 Å². The first-order valence-electron chi connectivity index (χ1n) is 6.07. The molecule has 1 heterocycles. The lowest BCUT2D eigenvalue weighted by atomic mass is 9.91. The standard InChI is InChI=1S/C12H16FN/c13-12-3-1-10(2-4-12)9-11-5-7-14-8-6-11/h1-4,11,14H,5-9H2/i9D2. The first-order valence-corrected chi connectivity index (χ1v) is 5.07. The minimum Gasteiger partial charge on any atom is -0.317 e. The highest BCUT2D eigenvalue weighted by atomic mass is 19.1. The predicted octanol–water partition coefficient (Wildman–Crippen LogP) is 2.37. The van der Waals surface area contributed by atoms with Gasteiger partial charge in [0.05, 0.1) is 0 Å². The van der Waals surface area contributed by atoms with Crippen molar-refractivity contribution in [2.75, 3.05) is 13.1 Å². The predicted molar refractivity (Wildman–Crippen MR) is 55.7 cm³/mol. The van der Waals surface area contributed by atoms with E-state index in [4.69, 9.17) is 2.74 Å². The Morgan fingerprint density at radius 2 is 1.93 bits per heavy atom. The first kappa shape index (κ1) is 7.41. The normalized spacial score (nSPS) is 21.5. The van der Waals surface area contributed by atoms with Crippen molar-refractivity contribution in [1.29, 1.82) is 0 Å². The maximum atomic E-state index is 12.8. The number of benzene rings is 1. The molecule has 1 saturated heterocycles. The summed E-state index contributed by atoms with van der Waals surface area (Å²) in [5, 5.41) is 3.22. The van der Waals surface area contributed by atoms with Crippen LogP contribution in [0.3, 0.4) is 0 Å². The minimum absolute atomic E-state index is 0.0270. The summed E-state index contributed by atoms with van der Waals surface area (Å²) in [7, 11) is 0. The molecule has 76 valence electrons. The summed E-state index contributed by atoms with van der Waals surface area (Å²) < 4.78 is 29.1. The Balaban J connectivity index is 2.19. The van der Waals surface area contributed by atoms with E-state index >= 15 is 0 Å². The second kappa shape index (κ2) is 4.56. The fourth-order valence-corrected chi connectivity index (χ4v) is 1.75. The van der Waals surface area contributed by atoms with Crippen molar-refractivity contribution in [1.82, 2.24) is 5.32 Å². The summed E-state index contributed by atoms with van der Waals surface area (Å²) in [4.78, 5) is 0. The fraction of sp³-hybridized carbons (Fsp3) is 0.500. The van der Waals surface area contributed by atoms with E-state index < -0.39 is 6.37 Å². The molecule has 1 aliphatic rings. The maximum Gasteiger partial charge on any atom is 0.123 e. The Hall–Kier alpha value is -0.890. The van der Waals surface area contributed by atoms with Gasteiger partial charge >= 0.3 is 0 Å². The second-order valence-electron chi connectivity index (χ2n) is 3.68. The van der Waals surface area contributed by atoms with E-state index in [1.54, 1.807) is 12.1 Å². The number of piperidine rings is 1. The fourth-order valence-electron chi connectivity index (χ4n) is 1.75. The molecule has 0 radical (unpaired) electrons. The Morgan fingerprint density at radius 1 is 1.29 bits per heavy atom. The average molecular weight is 195 g/mol. The van der Waals surface area contributed by atoms with Crippen LogP contribution in [0.2, 0.25) is 0 Å². The van der Waals surface area contributed by atoms with E-state index in [1.165, 1.54) is 12.1 Å². The van der Waals surface area contributed by atoms with Gasteiger partial charge in [-0.05, 0) is 55.9 Å². The molecule has 0 aromatic heterocycles. The number of hydrogen-bond acceptors (Lipinski definition) is 1. The summed E-state index contributed by atoms with van der Waals surface area (Å²) in [5.41, 5.74) is 0.584. The van der Waals surface area contributed by atoms with Gasteiger partial charge in [-0.2, -0.15) is 0 Å². The lowest BCUT2D eigenvalue weighted by Gasteiger charge is -2.22. The molecule has 14 heavy (non-hydrogen) atoms. The van der Waals surface area contributed by atoms with Crippen molar-refractivity contribution in [2.45, 2.75) is 19.2 Å². The van der Waals surface area contributed by atoms with Crippen LogP contribution < -0.4 is 5.32 Å². The SMILES string of the molecule is [2H]C([2H])(c1ccc(F)cc1)C1CCNCC1. The van der Waals surface area contributed by atoms with Gasteiger partial charge in [0.2, 0.25) is 0 Å². The molecular weight excluding hydrogens is 177 g/mol. The lowest BCUT2D eigenvalue weighted by Crippen LogP contribution is -2.28. The average Bonchev–Trinajstić information content (AvgIpc) is 2.31. The minimum atomic E-state index is -1.35. The third-order valence-corrected chi connectivity index (χ3v) is 2.55. The van der Waals surface area contributed by atoms with E-state index in [9.17, 15) is 4.39 Å². The molecule has 0 saturated carbocycles. The third kappa shape index (κ3) is 2.55. The van der Waals surface area contributed by atoms with Crippen molar-refractivity contribution in [3.8, 4) is 0 Å². The zero-order valence-corrected chi connectivity index (χ0v) is 8.09. The van der Waals surface area contributed by atoms with E-state index in [2.05, 4.69) is 5.32 Å². The molecule has 1 fully saturated rings. The van der Waals surface area contributed by atoms with E-state index in [1.807, 2.05) is 0 Å². The molecule has 0 unspecified atom stereocenters. The van der Waals surface area contributed by atoms with Gasteiger partial charge in [0.1, 0.15) is 5.82 Å². The molecular formula is C12H16FN. The van der Waals surface area contributed by atoms with E-state index in [0.717, 1.165) is 25.9 Å². The van der Waals surface area contributed by atoms with Gasteiger partial charge in [0, 0.05) is 2.74 Å². The first-order chi connectivity index (χ1) is 7.60. The Morgan fingerprint density at radius 3 is 2.57 bits per heavy atom. The molecule has 1 nitrogen and oxygen atoms in total. The largest absolute Gasteiger partial charge is 0.317 e. The number of hydrogen-bond donors (Lipinski definition) is 1. The van der Waals surface area contributed by atoms with Gasteiger partial charge in [0.25, 0.3) is 0 Å². The molecule has 1 aromatic rings. The highest BCUT2D eigenvalue weighted by Gasteiger charge is 2.13. The maximum absolute atomic E-state index is 12.8. The van der Waals surface area contributed by atoms with Gasteiger partial charge in [0.15, 0.2) is 0 Å². The molecule has 0 spiro atoms. The van der Waals surface area contributed by atoms with Crippen LogP contribution >= 0.6 is 0 Å². The van der Waals surface area contributed by atoms with Crippen LogP contribution in [0.1, 0.15) is 21.1 Å². The lowest BCUT2D eigenvalue weighted by molar-refractivity contribution is 0.372. The van der Waals surface area contributed by atoms with Crippen LogP contribution in [0.4, 0.5) is 4.39 Å². The number of rotatable bonds is 2. The molecule has 0 bridgehead atoms. The van der Waals surface area contributed by atoms with Crippen LogP contribution in [0.5, 0.6) is 0 Å². The Kier molecular flexibility index (Phi) is 2.41. The molecule has 2 heteroatoms. The number of nitrogens with one attached hydrogen (secondary N) is 1. The zero-order valence-electron chi connectivity index (χ0n) is 10.1. The highest BCUT2D eigenvalue weighted by Crippen LogP contribution is 2.17. The van der Waals surface area contributed by atoms with E-state index in [-0.39, 0.29) is 11.7 Å². The second-order valence-corrected chi connectivity index (χ2v) is 3.68. The van der Waals surface area contributed by atoms with Gasteiger partial charge in [-0.3, -0.25) is 0 Å². The molecule has 0 aliphatic carbocycles. The highest BCUT2D eigenvalue weighted by molar-refractivity contribution is 5.16. The molecule has 0 atom stereocenters. The van der Waals surface area contributed by atoms with Gasteiger partial charge in [-0.15, -0.1) is 0 Å². The summed E-state index contributed by atoms with van der Waals surface area (Å²) in [6, 6.07) is 5.76. The van der Waals surface area contributed by atoms with Crippen molar-refractivity contribution in [3.05, 3.63) is 35.6 Å². The molecule has 1 aromatic carbocycles. The summed E-state index contributed by atoms with van der Waals surface area (Å²) in [6.07, 6.45) is 0.324. The van der Waals surface area contributed by atoms with Crippen LogP contribution in [-0.4, -0.2) is 13.1 Å². The number of halogens is 1. The summed E-state index contributed by atoms with van der Waals surface area (Å²) in [6.45, 7) is 1.73. The van der Waals surface area contributed by atoms with Crippen molar-refractivity contribution < 1.29 is 7.13 Å². The van der Waals surface area contributed by atoms with Gasteiger partial charge in [-0.1, -0.05) is 12.1 Å². The molecule has 1 aliphatic heterocycles. The van der Waals surface area contributed by atoms with Gasteiger partial charge < -0.3 is 5.32 Å². The Labute approximate surface area is 87.1 Å². The van der Waals surface area contributed by atoms with Crippen molar-refractivity contribution in [2.24, 2.45) is 5.92 Å². The zero-order chi connectivity index (χ0) is 11.6. The van der Waals surface area contributed by atoms with E-state index in [0.29, 0.717) is 5.56 Å². The smallest absolute Gasteiger partial charge is 0.123 e. The van der Waals surface area contributed by atoms with Crippen LogP contribution in [0.15, 0.2) is 24.3 Å². The quantitative estimate of drug-likeness (QED) is 0.764. The summed E-state index contributed by atoms with van der Waals surface area (Å²) >= 11 is 0. The van der Waals surface area contributed by atoms with Crippen molar-refractivity contribution in [3.63, 3.8) is 0 Å². The van der Waals surface area contributed by atoms with Crippen LogP contribution in [0.25, 0.3) is 0 Å². The topological polar surface area (TPSA) is 12.0 Å². The van der Waals surface area contributed by atoms with Crippen LogP contribution in [-0.2, 0) is 6.37 Å². The molecule has 0 amide bonds. The van der Waals surface area contributed by atoms with Crippen LogP contribution in [0, 0.1) is 11.7 Å². The molecule has 2 rings (SSSR count). The van der Waals surface area contributed by atoms with Gasteiger partial charge in [-0.25, -0.2) is 4.39 Å². The Bertz CT molecular complexity index is 345. The third-order valence-electron chi connectivity index (χ3n) is 2.55. The monoisotopic (exact) mass is 195 g/mol. The molecule has 1 N–H and O–H groups in total. The summed E-state index contributed by atoms with van der Waals surface area (Å²) in [5.74, 6) is -0.288.